The van der Waals surface area contributed by atoms with Crippen molar-refractivity contribution >= 4 is 18.4 Å². The Morgan fingerprint density at radius 1 is 1.29 bits per heavy atom. The van der Waals surface area contributed by atoms with E-state index >= 15 is 0 Å². The van der Waals surface area contributed by atoms with E-state index < -0.39 is 5.97 Å². The number of aromatic nitrogens is 1. The zero-order chi connectivity index (χ0) is 14.5. The number of benzene rings is 1. The highest BCUT2D eigenvalue weighted by Gasteiger charge is 2.08. The van der Waals surface area contributed by atoms with Gasteiger partial charge in [-0.2, -0.15) is 0 Å². The van der Waals surface area contributed by atoms with Gasteiger partial charge in [-0.3, -0.25) is 4.98 Å². The average molecular weight is 310 g/mol. The molecule has 0 atom stereocenters. The zero-order valence-corrected chi connectivity index (χ0v) is 12.5. The molecular formula is C15H16ClNO4. The van der Waals surface area contributed by atoms with Gasteiger partial charge in [-0.15, -0.1) is 12.4 Å². The first kappa shape index (κ1) is 16.8. The first-order valence-electron chi connectivity index (χ1n) is 6.06. The van der Waals surface area contributed by atoms with Gasteiger partial charge in [0, 0.05) is 11.8 Å². The Labute approximate surface area is 129 Å². The first-order valence-corrected chi connectivity index (χ1v) is 6.06. The van der Waals surface area contributed by atoms with Crippen molar-refractivity contribution in [3.05, 3.63) is 53.3 Å². The molecular weight excluding hydrogens is 294 g/mol. The fraction of sp³-hybridized carbons (Fsp3) is 0.200. The summed E-state index contributed by atoms with van der Waals surface area (Å²) in [6.45, 7) is 1.76. The molecule has 1 aromatic heterocycles. The lowest BCUT2D eigenvalue weighted by atomic mass is 10.2. The molecule has 0 aliphatic rings. The van der Waals surface area contributed by atoms with Crippen LogP contribution in [0.2, 0.25) is 0 Å². The summed E-state index contributed by atoms with van der Waals surface area (Å²) in [5.74, 6) is 0.324. The Balaban J connectivity index is 0.00000220. The van der Waals surface area contributed by atoms with E-state index in [9.17, 15) is 9.90 Å². The predicted molar refractivity (Wildman–Crippen MR) is 80.0 cm³/mol. The lowest BCUT2D eigenvalue weighted by molar-refractivity contribution is 0.0472. The second kappa shape index (κ2) is 7.50. The number of carbonyl (C=O) groups is 1. The van der Waals surface area contributed by atoms with Crippen LogP contribution in [0.3, 0.4) is 0 Å². The molecule has 0 radical (unpaired) electrons. The number of ether oxygens (including phenoxy) is 2. The monoisotopic (exact) mass is 309 g/mol. The van der Waals surface area contributed by atoms with E-state index in [2.05, 4.69) is 4.98 Å². The van der Waals surface area contributed by atoms with Crippen LogP contribution in [0.25, 0.3) is 0 Å². The van der Waals surface area contributed by atoms with Crippen LogP contribution in [-0.2, 0) is 11.3 Å². The van der Waals surface area contributed by atoms with Crippen molar-refractivity contribution in [1.82, 2.24) is 4.98 Å². The highest BCUT2D eigenvalue weighted by Crippen LogP contribution is 2.16. The second-order valence-electron chi connectivity index (χ2n) is 4.25. The number of esters is 1. The number of aryl methyl sites for hydroxylation is 1. The summed E-state index contributed by atoms with van der Waals surface area (Å²) in [6, 6.07) is 8.17. The van der Waals surface area contributed by atoms with Crippen LogP contribution < -0.4 is 4.74 Å². The third-order valence-corrected chi connectivity index (χ3v) is 2.81. The molecule has 2 aromatic rings. The quantitative estimate of drug-likeness (QED) is 0.880. The topological polar surface area (TPSA) is 68.7 Å². The van der Waals surface area contributed by atoms with Gasteiger partial charge in [0.1, 0.15) is 18.1 Å². The number of aromatic hydroxyl groups is 1. The summed E-state index contributed by atoms with van der Waals surface area (Å²) in [7, 11) is 1.56. The smallest absolute Gasteiger partial charge is 0.338 e. The number of nitrogens with zero attached hydrogens (tertiary/aromatic N) is 1. The summed E-state index contributed by atoms with van der Waals surface area (Å²) < 4.78 is 10.2. The maximum atomic E-state index is 11.8. The van der Waals surface area contributed by atoms with Crippen molar-refractivity contribution in [3.8, 4) is 11.5 Å². The molecule has 0 saturated carbocycles. The molecule has 0 aliphatic carbocycles. The van der Waals surface area contributed by atoms with Crippen LogP contribution in [0.4, 0.5) is 0 Å². The molecule has 2 rings (SSSR count). The van der Waals surface area contributed by atoms with Gasteiger partial charge in [0.05, 0.1) is 18.4 Å². The van der Waals surface area contributed by atoms with E-state index in [1.165, 1.54) is 6.07 Å². The molecule has 1 heterocycles. The van der Waals surface area contributed by atoms with E-state index in [1.54, 1.807) is 44.5 Å². The van der Waals surface area contributed by atoms with Crippen molar-refractivity contribution in [3.63, 3.8) is 0 Å². The predicted octanol–water partition coefficient (Wildman–Crippen LogP) is 2.88. The molecule has 0 spiro atoms. The van der Waals surface area contributed by atoms with Crippen LogP contribution in [0, 0.1) is 6.92 Å². The fourth-order valence-electron chi connectivity index (χ4n) is 1.60. The van der Waals surface area contributed by atoms with Gasteiger partial charge in [0.25, 0.3) is 0 Å². The Morgan fingerprint density at radius 3 is 2.52 bits per heavy atom. The van der Waals surface area contributed by atoms with Crippen molar-refractivity contribution < 1.29 is 19.4 Å². The maximum Gasteiger partial charge on any atom is 0.338 e. The maximum absolute atomic E-state index is 11.8. The number of rotatable bonds is 4. The number of methoxy groups -OCH3 is 1. The Bertz CT molecular complexity index is 614. The minimum absolute atomic E-state index is 0. The van der Waals surface area contributed by atoms with Crippen molar-refractivity contribution in [2.45, 2.75) is 13.5 Å². The Morgan fingerprint density at radius 2 is 1.95 bits per heavy atom. The molecule has 0 bridgehead atoms. The van der Waals surface area contributed by atoms with Gasteiger partial charge in [-0.25, -0.2) is 4.79 Å². The van der Waals surface area contributed by atoms with Crippen molar-refractivity contribution in [2.24, 2.45) is 0 Å². The normalized spacial score (nSPS) is 9.62. The molecule has 1 aromatic carbocycles. The number of pyridine rings is 1. The van der Waals surface area contributed by atoms with Crippen molar-refractivity contribution in [2.75, 3.05) is 7.11 Å². The van der Waals surface area contributed by atoms with Gasteiger partial charge in [0.2, 0.25) is 0 Å². The highest BCUT2D eigenvalue weighted by atomic mass is 35.5. The van der Waals surface area contributed by atoms with Gasteiger partial charge in [-0.1, -0.05) is 0 Å². The first-order chi connectivity index (χ1) is 9.60. The lowest BCUT2D eigenvalue weighted by Crippen LogP contribution is -2.05. The van der Waals surface area contributed by atoms with Crippen LogP contribution in [0.1, 0.15) is 21.6 Å². The standard InChI is InChI=1S/C15H15NO4.ClH/c1-10-14(17)7-11(8-16-10)9-20-15(18)12-3-5-13(19-2)6-4-12;/h3-8,17H,9H2,1-2H3;1H. The largest absolute Gasteiger partial charge is 0.506 e. The summed E-state index contributed by atoms with van der Waals surface area (Å²) in [4.78, 5) is 15.8. The second-order valence-corrected chi connectivity index (χ2v) is 4.25. The van der Waals surface area contributed by atoms with Gasteiger partial charge in [-0.05, 0) is 37.3 Å². The molecule has 0 fully saturated rings. The molecule has 6 heteroatoms. The number of hydrogen-bond acceptors (Lipinski definition) is 5. The molecule has 0 amide bonds. The van der Waals surface area contributed by atoms with Crippen LogP contribution >= 0.6 is 12.4 Å². The van der Waals surface area contributed by atoms with E-state index in [-0.39, 0.29) is 24.8 Å². The zero-order valence-electron chi connectivity index (χ0n) is 11.7. The lowest BCUT2D eigenvalue weighted by Gasteiger charge is -2.06. The summed E-state index contributed by atoms with van der Waals surface area (Å²) >= 11 is 0. The molecule has 5 nitrogen and oxygen atoms in total. The highest BCUT2D eigenvalue weighted by molar-refractivity contribution is 5.89. The number of carbonyl (C=O) groups excluding carboxylic acids is 1. The summed E-state index contributed by atoms with van der Waals surface area (Å²) in [6.07, 6.45) is 1.57. The van der Waals surface area contributed by atoms with Gasteiger partial charge >= 0.3 is 5.97 Å². The minimum atomic E-state index is -0.437. The Hall–Kier alpha value is -2.27. The SMILES string of the molecule is COc1ccc(C(=O)OCc2cnc(C)c(O)c2)cc1.Cl. The van der Waals surface area contributed by atoms with Crippen LogP contribution in [0.15, 0.2) is 36.5 Å². The molecule has 0 saturated heterocycles. The van der Waals surface area contributed by atoms with E-state index in [1.807, 2.05) is 0 Å². The van der Waals surface area contributed by atoms with Crippen molar-refractivity contribution in [1.29, 1.82) is 0 Å². The minimum Gasteiger partial charge on any atom is -0.506 e. The Kier molecular flexibility index (Phi) is 5.99. The van der Waals surface area contributed by atoms with Gasteiger partial charge < -0.3 is 14.6 Å². The molecule has 0 unspecified atom stereocenters. The van der Waals surface area contributed by atoms with Gasteiger partial charge in [0.15, 0.2) is 0 Å². The molecule has 21 heavy (non-hydrogen) atoms. The fourth-order valence-corrected chi connectivity index (χ4v) is 1.60. The van der Waals surface area contributed by atoms with E-state index in [0.29, 0.717) is 22.6 Å². The third-order valence-electron chi connectivity index (χ3n) is 2.81. The van der Waals surface area contributed by atoms with E-state index in [0.717, 1.165) is 0 Å². The molecule has 112 valence electrons. The van der Waals surface area contributed by atoms with E-state index in [4.69, 9.17) is 9.47 Å². The summed E-state index contributed by atoms with van der Waals surface area (Å²) in [5, 5.41) is 9.52. The third kappa shape index (κ3) is 4.36. The molecule has 1 N–H and O–H groups in total. The average Bonchev–Trinajstić information content (AvgIpc) is 2.48. The summed E-state index contributed by atoms with van der Waals surface area (Å²) in [5.41, 5.74) is 1.61. The number of hydrogen-bond donors (Lipinski definition) is 1. The van der Waals surface area contributed by atoms with Crippen LogP contribution in [0.5, 0.6) is 11.5 Å². The molecule has 0 aliphatic heterocycles. The van der Waals surface area contributed by atoms with Crippen LogP contribution in [-0.4, -0.2) is 23.2 Å². The number of halogens is 1.